The number of anilines is 1. The summed E-state index contributed by atoms with van der Waals surface area (Å²) in [5.74, 6) is 0.540. The SMILES string of the molecule is CS[C@H](C)C(=O)Nc1ccn(Cc2cccc3cccnc23)n1. The molecule has 2 heterocycles. The van der Waals surface area contributed by atoms with Gasteiger partial charge in [0.15, 0.2) is 5.82 Å². The van der Waals surface area contributed by atoms with Crippen LogP contribution >= 0.6 is 11.8 Å². The topological polar surface area (TPSA) is 59.8 Å². The van der Waals surface area contributed by atoms with E-state index >= 15 is 0 Å². The van der Waals surface area contributed by atoms with Crippen molar-refractivity contribution in [2.75, 3.05) is 11.6 Å². The highest BCUT2D eigenvalue weighted by Gasteiger charge is 2.12. The van der Waals surface area contributed by atoms with Gasteiger partial charge in [-0.3, -0.25) is 14.5 Å². The molecule has 3 rings (SSSR count). The number of benzene rings is 1. The fourth-order valence-electron chi connectivity index (χ4n) is 2.32. The van der Waals surface area contributed by atoms with Crippen LogP contribution in [0.15, 0.2) is 48.8 Å². The van der Waals surface area contributed by atoms with Gasteiger partial charge in [-0.05, 0) is 24.8 Å². The molecule has 1 atom stereocenters. The molecule has 23 heavy (non-hydrogen) atoms. The molecule has 1 amide bonds. The molecule has 6 heteroatoms. The van der Waals surface area contributed by atoms with Gasteiger partial charge in [-0.2, -0.15) is 16.9 Å². The van der Waals surface area contributed by atoms with Gasteiger partial charge in [-0.15, -0.1) is 0 Å². The molecule has 5 nitrogen and oxygen atoms in total. The van der Waals surface area contributed by atoms with E-state index in [4.69, 9.17) is 0 Å². The smallest absolute Gasteiger partial charge is 0.238 e. The number of carbonyl (C=O) groups excluding carboxylic acids is 1. The second-order valence-corrected chi connectivity index (χ2v) is 6.44. The van der Waals surface area contributed by atoms with E-state index in [1.807, 2.05) is 60.5 Å². The van der Waals surface area contributed by atoms with E-state index in [0.29, 0.717) is 12.4 Å². The normalized spacial score (nSPS) is 12.3. The third-order valence-electron chi connectivity index (χ3n) is 3.66. The van der Waals surface area contributed by atoms with E-state index in [1.54, 1.807) is 6.20 Å². The molecule has 0 saturated heterocycles. The van der Waals surface area contributed by atoms with Gasteiger partial charge in [0.2, 0.25) is 5.91 Å². The van der Waals surface area contributed by atoms with Crippen LogP contribution < -0.4 is 5.32 Å². The second-order valence-electron chi connectivity index (χ2n) is 5.26. The number of aromatic nitrogens is 3. The zero-order valence-corrected chi connectivity index (χ0v) is 13.9. The zero-order chi connectivity index (χ0) is 16.2. The number of para-hydroxylation sites is 1. The number of pyridine rings is 1. The van der Waals surface area contributed by atoms with Crippen LogP contribution in [-0.4, -0.2) is 32.2 Å². The molecular weight excluding hydrogens is 308 g/mol. The Morgan fingerprint density at radius 3 is 2.96 bits per heavy atom. The molecule has 0 fully saturated rings. The highest BCUT2D eigenvalue weighted by Crippen LogP contribution is 2.17. The first-order valence-electron chi connectivity index (χ1n) is 7.37. The van der Waals surface area contributed by atoms with Crippen molar-refractivity contribution in [3.63, 3.8) is 0 Å². The van der Waals surface area contributed by atoms with Gasteiger partial charge in [-0.1, -0.05) is 24.3 Å². The number of thioether (sulfide) groups is 1. The maximum absolute atomic E-state index is 11.9. The van der Waals surface area contributed by atoms with Gasteiger partial charge in [0.05, 0.1) is 17.3 Å². The Morgan fingerprint density at radius 1 is 1.30 bits per heavy atom. The minimum Gasteiger partial charge on any atom is -0.308 e. The van der Waals surface area contributed by atoms with Crippen LogP contribution in [0.25, 0.3) is 10.9 Å². The van der Waals surface area contributed by atoms with Gasteiger partial charge in [0.25, 0.3) is 0 Å². The molecule has 0 aliphatic carbocycles. The lowest BCUT2D eigenvalue weighted by atomic mass is 10.1. The Hall–Kier alpha value is -2.34. The van der Waals surface area contributed by atoms with E-state index in [0.717, 1.165) is 16.5 Å². The third kappa shape index (κ3) is 3.53. The fourth-order valence-corrected chi connectivity index (χ4v) is 2.59. The number of carbonyl (C=O) groups is 1. The first-order valence-corrected chi connectivity index (χ1v) is 8.66. The molecule has 118 valence electrons. The maximum Gasteiger partial charge on any atom is 0.238 e. The van der Waals surface area contributed by atoms with Crippen molar-refractivity contribution in [3.05, 3.63) is 54.4 Å². The van der Waals surface area contributed by atoms with E-state index in [9.17, 15) is 4.79 Å². The first kappa shape index (κ1) is 15.6. The predicted molar refractivity (Wildman–Crippen MR) is 94.7 cm³/mol. The van der Waals surface area contributed by atoms with Gasteiger partial charge in [0.1, 0.15) is 0 Å². The van der Waals surface area contributed by atoms with E-state index in [2.05, 4.69) is 15.4 Å². The molecule has 0 radical (unpaired) electrons. The highest BCUT2D eigenvalue weighted by molar-refractivity contribution is 7.99. The summed E-state index contributed by atoms with van der Waals surface area (Å²) >= 11 is 1.51. The number of nitrogens with zero attached hydrogens (tertiary/aromatic N) is 3. The van der Waals surface area contributed by atoms with E-state index in [1.165, 1.54) is 11.8 Å². The number of amides is 1. The number of hydrogen-bond acceptors (Lipinski definition) is 4. The fraction of sp³-hybridized carbons (Fsp3) is 0.235. The van der Waals surface area contributed by atoms with E-state index in [-0.39, 0.29) is 11.2 Å². The molecule has 1 aromatic carbocycles. The van der Waals surface area contributed by atoms with Gasteiger partial charge in [0, 0.05) is 23.8 Å². The van der Waals surface area contributed by atoms with Gasteiger partial charge < -0.3 is 5.32 Å². The minimum absolute atomic E-state index is 0.0328. The quantitative estimate of drug-likeness (QED) is 0.782. The summed E-state index contributed by atoms with van der Waals surface area (Å²) in [7, 11) is 0. The Kier molecular flexibility index (Phi) is 4.62. The van der Waals surface area contributed by atoms with Crippen molar-refractivity contribution in [2.24, 2.45) is 0 Å². The Bertz CT molecular complexity index is 825. The predicted octanol–water partition coefficient (Wildman–Crippen LogP) is 3.17. The maximum atomic E-state index is 11.9. The van der Waals surface area contributed by atoms with Gasteiger partial charge in [-0.25, -0.2) is 0 Å². The van der Waals surface area contributed by atoms with Crippen molar-refractivity contribution < 1.29 is 4.79 Å². The lowest BCUT2D eigenvalue weighted by Crippen LogP contribution is -2.22. The Balaban J connectivity index is 1.77. The number of hydrogen-bond donors (Lipinski definition) is 1. The second kappa shape index (κ2) is 6.83. The third-order valence-corrected chi connectivity index (χ3v) is 4.58. The number of fused-ring (bicyclic) bond motifs is 1. The summed E-state index contributed by atoms with van der Waals surface area (Å²) in [6.45, 7) is 2.49. The lowest BCUT2D eigenvalue weighted by Gasteiger charge is -2.07. The molecule has 0 saturated carbocycles. The number of nitrogens with one attached hydrogen (secondary N) is 1. The average molecular weight is 326 g/mol. The highest BCUT2D eigenvalue weighted by atomic mass is 32.2. The molecule has 0 unspecified atom stereocenters. The molecule has 1 N–H and O–H groups in total. The molecular formula is C17H18N4OS. The average Bonchev–Trinajstić information content (AvgIpc) is 3.01. The van der Waals surface area contributed by atoms with Crippen LogP contribution in [0.3, 0.4) is 0 Å². The van der Waals surface area contributed by atoms with Crippen LogP contribution in [0.5, 0.6) is 0 Å². The Labute approximate surface area is 139 Å². The van der Waals surface area contributed by atoms with Crippen LogP contribution in [0, 0.1) is 0 Å². The van der Waals surface area contributed by atoms with Crippen molar-refractivity contribution in [2.45, 2.75) is 18.7 Å². The van der Waals surface area contributed by atoms with Gasteiger partial charge >= 0.3 is 0 Å². The standard InChI is InChI=1S/C17H18N4OS/c1-12(23-2)17(22)19-15-8-10-21(20-15)11-14-6-3-5-13-7-4-9-18-16(13)14/h3-10,12H,11H2,1-2H3,(H,19,20,22)/t12-/m1/s1. The minimum atomic E-state index is -0.0950. The van der Waals surface area contributed by atoms with Crippen LogP contribution in [0.2, 0.25) is 0 Å². The lowest BCUT2D eigenvalue weighted by molar-refractivity contribution is -0.115. The monoisotopic (exact) mass is 326 g/mol. The molecule has 0 aliphatic rings. The summed E-state index contributed by atoms with van der Waals surface area (Å²) in [5.41, 5.74) is 2.08. The summed E-state index contributed by atoms with van der Waals surface area (Å²) < 4.78 is 1.81. The molecule has 2 aromatic heterocycles. The summed E-state index contributed by atoms with van der Waals surface area (Å²) in [6.07, 6.45) is 5.57. The first-order chi connectivity index (χ1) is 11.2. The summed E-state index contributed by atoms with van der Waals surface area (Å²) in [5, 5.41) is 8.26. The Morgan fingerprint density at radius 2 is 2.13 bits per heavy atom. The van der Waals surface area contributed by atoms with Crippen LogP contribution in [0.4, 0.5) is 5.82 Å². The van der Waals surface area contributed by atoms with Crippen molar-refractivity contribution in [3.8, 4) is 0 Å². The van der Waals surface area contributed by atoms with Crippen molar-refractivity contribution >= 4 is 34.4 Å². The molecule has 0 aliphatic heterocycles. The zero-order valence-electron chi connectivity index (χ0n) is 13.1. The van der Waals surface area contributed by atoms with Crippen LogP contribution in [0.1, 0.15) is 12.5 Å². The largest absolute Gasteiger partial charge is 0.308 e. The number of rotatable bonds is 5. The van der Waals surface area contributed by atoms with E-state index < -0.39 is 0 Å². The van der Waals surface area contributed by atoms with Crippen molar-refractivity contribution in [1.82, 2.24) is 14.8 Å². The van der Waals surface area contributed by atoms with Crippen LogP contribution in [-0.2, 0) is 11.3 Å². The molecule has 3 aromatic rings. The van der Waals surface area contributed by atoms with Crippen molar-refractivity contribution in [1.29, 1.82) is 0 Å². The molecule has 0 spiro atoms. The summed E-state index contributed by atoms with van der Waals surface area (Å²) in [6, 6.07) is 11.9. The summed E-state index contributed by atoms with van der Waals surface area (Å²) in [4.78, 5) is 16.3. The molecule has 0 bridgehead atoms.